The van der Waals surface area contributed by atoms with Crippen molar-refractivity contribution in [3.63, 3.8) is 0 Å². The lowest BCUT2D eigenvalue weighted by molar-refractivity contribution is -0.134. The zero-order valence-electron chi connectivity index (χ0n) is 13.2. The predicted molar refractivity (Wildman–Crippen MR) is 91.7 cm³/mol. The Morgan fingerprint density at radius 2 is 2.00 bits per heavy atom. The van der Waals surface area contributed by atoms with E-state index in [0.717, 1.165) is 35.0 Å². The lowest BCUT2D eigenvalue weighted by atomic mass is 9.95. The molecule has 0 saturated carbocycles. The zero-order valence-corrected chi connectivity index (χ0v) is 14.8. The molecule has 1 aromatic carbocycles. The Hall–Kier alpha value is -1.36. The number of nitrogens with one attached hydrogen (secondary N) is 1. The molecule has 0 radical (unpaired) electrons. The maximum Gasteiger partial charge on any atom is 0.227 e. The van der Waals surface area contributed by atoms with E-state index in [2.05, 4.69) is 21.2 Å². The fourth-order valence-electron chi connectivity index (χ4n) is 2.68. The molecule has 1 fully saturated rings. The molecule has 1 aliphatic heterocycles. The van der Waals surface area contributed by atoms with Gasteiger partial charge in [0.2, 0.25) is 11.8 Å². The number of amides is 2. The number of aryl methyl sites for hydroxylation is 1. The monoisotopic (exact) mass is 366 g/mol. The van der Waals surface area contributed by atoms with Gasteiger partial charge in [-0.15, -0.1) is 0 Å². The first-order valence-electron chi connectivity index (χ1n) is 7.86. The second-order valence-electron chi connectivity index (χ2n) is 5.86. The molecule has 1 aromatic rings. The number of likely N-dealkylation sites (tertiary alicyclic amines) is 1. The molecule has 5 heteroatoms. The first-order chi connectivity index (χ1) is 10.5. The van der Waals surface area contributed by atoms with Crippen molar-refractivity contribution in [1.82, 2.24) is 4.90 Å². The normalized spacial score (nSPS) is 15.7. The highest BCUT2D eigenvalue weighted by Crippen LogP contribution is 2.23. The minimum Gasteiger partial charge on any atom is -0.343 e. The van der Waals surface area contributed by atoms with Gasteiger partial charge in [0.1, 0.15) is 0 Å². The Kier molecular flexibility index (Phi) is 6.00. The van der Waals surface area contributed by atoms with Crippen LogP contribution in [0.4, 0.5) is 5.69 Å². The van der Waals surface area contributed by atoms with Crippen LogP contribution in [0.3, 0.4) is 0 Å². The highest BCUT2D eigenvalue weighted by Gasteiger charge is 2.26. The quantitative estimate of drug-likeness (QED) is 0.882. The van der Waals surface area contributed by atoms with E-state index in [1.54, 1.807) is 0 Å². The summed E-state index contributed by atoms with van der Waals surface area (Å²) >= 11 is 3.48. The maximum atomic E-state index is 12.3. The van der Waals surface area contributed by atoms with Crippen molar-refractivity contribution in [2.45, 2.75) is 39.5 Å². The second-order valence-corrected chi connectivity index (χ2v) is 6.71. The van der Waals surface area contributed by atoms with Crippen molar-refractivity contribution in [1.29, 1.82) is 0 Å². The lowest BCUT2D eigenvalue weighted by Crippen LogP contribution is -2.41. The Labute approximate surface area is 140 Å². The molecule has 1 N–H and O–H groups in total. The topological polar surface area (TPSA) is 49.4 Å². The van der Waals surface area contributed by atoms with Crippen molar-refractivity contribution < 1.29 is 9.59 Å². The molecule has 4 nitrogen and oxygen atoms in total. The van der Waals surface area contributed by atoms with E-state index in [9.17, 15) is 9.59 Å². The average Bonchev–Trinajstić information content (AvgIpc) is 2.51. The summed E-state index contributed by atoms with van der Waals surface area (Å²) in [5, 5.41) is 2.98. The van der Waals surface area contributed by atoms with Gasteiger partial charge >= 0.3 is 0 Å². The summed E-state index contributed by atoms with van der Waals surface area (Å²) in [5.41, 5.74) is 1.95. The zero-order chi connectivity index (χ0) is 16.1. The Balaban J connectivity index is 1.87. The van der Waals surface area contributed by atoms with E-state index in [-0.39, 0.29) is 17.7 Å². The summed E-state index contributed by atoms with van der Waals surface area (Å²) in [6.07, 6.45) is 2.97. The summed E-state index contributed by atoms with van der Waals surface area (Å²) in [4.78, 5) is 26.1. The maximum absolute atomic E-state index is 12.3. The van der Waals surface area contributed by atoms with Crippen molar-refractivity contribution >= 4 is 33.4 Å². The van der Waals surface area contributed by atoms with Crippen LogP contribution in [0, 0.1) is 12.8 Å². The fourth-order valence-corrected chi connectivity index (χ4v) is 3.06. The molecule has 0 atom stereocenters. The Morgan fingerprint density at radius 3 is 2.59 bits per heavy atom. The van der Waals surface area contributed by atoms with E-state index in [4.69, 9.17) is 0 Å². The number of carbonyl (C=O) groups is 2. The van der Waals surface area contributed by atoms with E-state index in [0.29, 0.717) is 19.5 Å². The third-order valence-corrected chi connectivity index (χ3v) is 4.98. The first kappa shape index (κ1) is 17.0. The van der Waals surface area contributed by atoms with Crippen LogP contribution in [-0.4, -0.2) is 29.8 Å². The lowest BCUT2D eigenvalue weighted by Gasteiger charge is -2.31. The Bertz CT molecular complexity index is 552. The summed E-state index contributed by atoms with van der Waals surface area (Å²) in [5.74, 6) is 0.257. The van der Waals surface area contributed by atoms with Gasteiger partial charge in [0, 0.05) is 35.6 Å². The summed E-state index contributed by atoms with van der Waals surface area (Å²) < 4.78 is 0.991. The molecule has 0 unspecified atom stereocenters. The number of benzene rings is 1. The Morgan fingerprint density at radius 1 is 1.32 bits per heavy atom. The molecule has 0 aliphatic carbocycles. The molecule has 2 rings (SSSR count). The van der Waals surface area contributed by atoms with Crippen molar-refractivity contribution in [3.8, 4) is 0 Å². The molecule has 120 valence electrons. The van der Waals surface area contributed by atoms with Crippen molar-refractivity contribution in [2.24, 2.45) is 5.92 Å². The van der Waals surface area contributed by atoms with Crippen molar-refractivity contribution in [3.05, 3.63) is 28.2 Å². The number of halogens is 1. The van der Waals surface area contributed by atoms with Gasteiger partial charge in [-0.05, 0) is 43.9 Å². The van der Waals surface area contributed by atoms with Crippen LogP contribution < -0.4 is 5.32 Å². The third-order valence-electron chi connectivity index (χ3n) is 4.12. The molecule has 1 heterocycles. The van der Waals surface area contributed by atoms with Crippen LogP contribution in [-0.2, 0) is 9.59 Å². The molecule has 22 heavy (non-hydrogen) atoms. The van der Waals surface area contributed by atoms with Crippen LogP contribution in [0.5, 0.6) is 0 Å². The molecule has 0 aromatic heterocycles. The number of hydrogen-bond donors (Lipinski definition) is 1. The predicted octanol–water partition coefficient (Wildman–Crippen LogP) is 3.73. The van der Waals surface area contributed by atoms with Gasteiger partial charge in [0.15, 0.2) is 0 Å². The number of anilines is 1. The van der Waals surface area contributed by atoms with Gasteiger partial charge in [0.25, 0.3) is 0 Å². The van der Waals surface area contributed by atoms with E-state index >= 15 is 0 Å². The van der Waals surface area contributed by atoms with Crippen LogP contribution >= 0.6 is 15.9 Å². The smallest absolute Gasteiger partial charge is 0.227 e. The summed E-state index contributed by atoms with van der Waals surface area (Å²) in [6.45, 7) is 5.40. The van der Waals surface area contributed by atoms with Gasteiger partial charge in [-0.3, -0.25) is 9.59 Å². The number of piperidine rings is 1. The molecular weight excluding hydrogens is 344 g/mol. The van der Waals surface area contributed by atoms with E-state index in [1.165, 1.54) is 0 Å². The third kappa shape index (κ3) is 4.32. The minimum atomic E-state index is -0.00856. The molecule has 0 bridgehead atoms. The van der Waals surface area contributed by atoms with E-state index in [1.807, 2.05) is 36.9 Å². The number of nitrogens with zero attached hydrogens (tertiary/aromatic N) is 1. The van der Waals surface area contributed by atoms with Crippen LogP contribution in [0.1, 0.15) is 38.2 Å². The van der Waals surface area contributed by atoms with Gasteiger partial charge in [0.05, 0.1) is 0 Å². The molecule has 2 amide bonds. The number of hydrogen-bond acceptors (Lipinski definition) is 2. The van der Waals surface area contributed by atoms with Crippen molar-refractivity contribution in [2.75, 3.05) is 18.4 Å². The summed E-state index contributed by atoms with van der Waals surface area (Å²) in [6, 6.07) is 5.82. The standard InChI is InChI=1S/C17H23BrN2O2/c1-3-4-16(21)20-9-7-13(8-10-20)17(22)19-14-6-5-12(2)15(18)11-14/h5-6,11,13H,3-4,7-10H2,1-2H3,(H,19,22). The van der Waals surface area contributed by atoms with Gasteiger partial charge < -0.3 is 10.2 Å². The van der Waals surface area contributed by atoms with Gasteiger partial charge in [-0.25, -0.2) is 0 Å². The molecular formula is C17H23BrN2O2. The molecule has 1 aliphatic rings. The first-order valence-corrected chi connectivity index (χ1v) is 8.65. The second kappa shape index (κ2) is 7.77. The van der Waals surface area contributed by atoms with Crippen LogP contribution in [0.15, 0.2) is 22.7 Å². The van der Waals surface area contributed by atoms with E-state index < -0.39 is 0 Å². The average molecular weight is 367 g/mol. The minimum absolute atomic E-state index is 0.00856. The van der Waals surface area contributed by atoms with Crippen LogP contribution in [0.2, 0.25) is 0 Å². The fraction of sp³-hybridized carbons (Fsp3) is 0.529. The van der Waals surface area contributed by atoms with Gasteiger partial charge in [-0.2, -0.15) is 0 Å². The molecule has 1 saturated heterocycles. The molecule has 0 spiro atoms. The highest BCUT2D eigenvalue weighted by molar-refractivity contribution is 9.10. The van der Waals surface area contributed by atoms with Crippen LogP contribution in [0.25, 0.3) is 0 Å². The number of carbonyl (C=O) groups excluding carboxylic acids is 2. The SMILES string of the molecule is CCCC(=O)N1CCC(C(=O)Nc2ccc(C)c(Br)c2)CC1. The highest BCUT2D eigenvalue weighted by atomic mass is 79.9. The summed E-state index contributed by atoms with van der Waals surface area (Å²) in [7, 11) is 0. The van der Waals surface area contributed by atoms with Gasteiger partial charge in [-0.1, -0.05) is 28.9 Å². The largest absolute Gasteiger partial charge is 0.343 e. The number of rotatable bonds is 4.